The number of nitrogens with zero attached hydrogens (tertiary/aromatic N) is 1. The van der Waals surface area contributed by atoms with Crippen LogP contribution in [-0.4, -0.2) is 65.4 Å². The van der Waals surface area contributed by atoms with Crippen LogP contribution in [-0.2, 0) is 9.53 Å². The Morgan fingerprint density at radius 1 is 1.24 bits per heavy atom. The first-order valence-electron chi connectivity index (χ1n) is 8.87. The maximum Gasteiger partial charge on any atom is 0.290 e. The molecule has 9 heteroatoms. The van der Waals surface area contributed by atoms with Crippen molar-refractivity contribution in [2.45, 2.75) is 6.04 Å². The van der Waals surface area contributed by atoms with Crippen LogP contribution in [0.25, 0.3) is 0 Å². The van der Waals surface area contributed by atoms with Gasteiger partial charge in [-0.1, -0.05) is 12.1 Å². The molecule has 1 aliphatic heterocycles. The molecular weight excluding hydrogens is 398 g/mol. The maximum absolute atomic E-state index is 13.1. The van der Waals surface area contributed by atoms with E-state index < -0.39 is 23.5 Å². The molecule has 3 rings (SSSR count). The maximum atomic E-state index is 13.1. The van der Waals surface area contributed by atoms with Crippen molar-refractivity contribution >= 4 is 23.0 Å². The molecule has 2 aromatic rings. The smallest absolute Gasteiger partial charge is 0.290 e. The lowest BCUT2D eigenvalue weighted by Crippen LogP contribution is -2.34. The van der Waals surface area contributed by atoms with Gasteiger partial charge in [-0.25, -0.2) is 0 Å². The van der Waals surface area contributed by atoms with Crippen LogP contribution >= 0.6 is 11.3 Å². The molecule has 0 fully saturated rings. The number of carbonyl (C=O) groups excluding carboxylic acids is 2. The Labute approximate surface area is 171 Å². The number of aliphatic hydroxyl groups is 2. The van der Waals surface area contributed by atoms with E-state index in [4.69, 9.17) is 14.6 Å². The van der Waals surface area contributed by atoms with Gasteiger partial charge < -0.3 is 29.7 Å². The van der Waals surface area contributed by atoms with Crippen molar-refractivity contribution in [3.05, 3.63) is 57.5 Å². The number of phenols is 1. The lowest BCUT2D eigenvalue weighted by Gasteiger charge is -2.27. The Bertz CT molecular complexity index is 923. The van der Waals surface area contributed by atoms with E-state index in [0.29, 0.717) is 10.4 Å². The van der Waals surface area contributed by atoms with Crippen LogP contribution in [0.4, 0.5) is 0 Å². The van der Waals surface area contributed by atoms with Crippen molar-refractivity contribution in [1.82, 2.24) is 4.90 Å². The fraction of sp³-hybridized carbons (Fsp3) is 0.300. The average molecular weight is 419 g/mol. The number of rotatable bonds is 9. The normalized spacial score (nSPS) is 16.6. The van der Waals surface area contributed by atoms with Gasteiger partial charge >= 0.3 is 0 Å². The minimum atomic E-state index is -0.871. The number of hydrogen-bond donors (Lipinski definition) is 3. The van der Waals surface area contributed by atoms with E-state index in [0.717, 1.165) is 0 Å². The second kappa shape index (κ2) is 9.08. The fourth-order valence-corrected chi connectivity index (χ4v) is 3.87. The van der Waals surface area contributed by atoms with Crippen molar-refractivity contribution in [1.29, 1.82) is 0 Å². The Hall–Kier alpha value is -2.88. The van der Waals surface area contributed by atoms with Gasteiger partial charge in [0.25, 0.3) is 5.91 Å². The van der Waals surface area contributed by atoms with E-state index in [1.54, 1.807) is 23.6 Å². The molecule has 0 saturated carbocycles. The van der Waals surface area contributed by atoms with Crippen molar-refractivity contribution < 1.29 is 34.4 Å². The van der Waals surface area contributed by atoms with Crippen LogP contribution < -0.4 is 4.74 Å². The van der Waals surface area contributed by atoms with Crippen LogP contribution in [0, 0.1) is 0 Å². The molecule has 2 heterocycles. The highest BCUT2D eigenvalue weighted by Crippen LogP contribution is 2.41. The topological polar surface area (TPSA) is 117 Å². The van der Waals surface area contributed by atoms with Gasteiger partial charge in [-0.3, -0.25) is 9.59 Å². The van der Waals surface area contributed by atoms with Crippen LogP contribution in [0.1, 0.15) is 21.3 Å². The zero-order valence-electron chi connectivity index (χ0n) is 15.7. The number of hydrogen-bond acceptors (Lipinski definition) is 8. The van der Waals surface area contributed by atoms with E-state index >= 15 is 0 Å². The fourth-order valence-electron chi connectivity index (χ4n) is 3.20. The second-order valence-electron chi connectivity index (χ2n) is 6.24. The molecule has 1 aromatic carbocycles. The quantitative estimate of drug-likeness (QED) is 0.421. The molecule has 29 heavy (non-hydrogen) atoms. The Morgan fingerprint density at radius 3 is 2.69 bits per heavy atom. The summed E-state index contributed by atoms with van der Waals surface area (Å²) in [6, 6.07) is 6.96. The van der Waals surface area contributed by atoms with Gasteiger partial charge in [0.15, 0.2) is 17.3 Å². The Morgan fingerprint density at radius 2 is 2.03 bits per heavy atom. The molecule has 0 spiro atoms. The SMILES string of the molecule is COc1cc(C2C(C(=O)c3cccs3)=C(O)C(=O)N2CCOCCO)ccc1O. The summed E-state index contributed by atoms with van der Waals surface area (Å²) in [5.74, 6) is -1.64. The number of phenolic OH excluding ortho intramolecular Hbond substituents is 1. The monoisotopic (exact) mass is 419 g/mol. The molecule has 0 saturated heterocycles. The highest BCUT2D eigenvalue weighted by atomic mass is 32.1. The molecule has 0 bridgehead atoms. The van der Waals surface area contributed by atoms with E-state index in [2.05, 4.69) is 0 Å². The van der Waals surface area contributed by atoms with Crippen molar-refractivity contribution in [3.8, 4) is 11.5 Å². The number of aromatic hydroxyl groups is 1. The lowest BCUT2D eigenvalue weighted by atomic mass is 9.95. The summed E-state index contributed by atoms with van der Waals surface area (Å²) >= 11 is 1.21. The summed E-state index contributed by atoms with van der Waals surface area (Å²) in [6.07, 6.45) is 0. The number of amides is 1. The third-order valence-electron chi connectivity index (χ3n) is 4.52. The molecule has 1 amide bonds. The molecular formula is C20H21NO7S. The number of carbonyl (C=O) groups is 2. The highest BCUT2D eigenvalue weighted by Gasteiger charge is 2.44. The Kier molecular flexibility index (Phi) is 6.53. The van der Waals surface area contributed by atoms with Gasteiger partial charge in [0.1, 0.15) is 0 Å². The highest BCUT2D eigenvalue weighted by molar-refractivity contribution is 7.12. The zero-order valence-corrected chi connectivity index (χ0v) is 16.5. The first-order chi connectivity index (χ1) is 14.0. The van der Waals surface area contributed by atoms with Gasteiger partial charge in [-0.15, -0.1) is 11.3 Å². The summed E-state index contributed by atoms with van der Waals surface area (Å²) in [5, 5.41) is 31.0. The van der Waals surface area contributed by atoms with Crippen LogP contribution in [0.5, 0.6) is 11.5 Å². The van der Waals surface area contributed by atoms with Crippen molar-refractivity contribution in [3.63, 3.8) is 0 Å². The summed E-state index contributed by atoms with van der Waals surface area (Å²) in [6.45, 7) is 0.169. The molecule has 1 unspecified atom stereocenters. The van der Waals surface area contributed by atoms with Gasteiger partial charge in [-0.2, -0.15) is 0 Å². The standard InChI is InChI=1S/C20H21NO7S/c1-27-14-11-12(4-5-13(14)23)17-16(18(24)15-3-2-10-29-15)19(25)20(26)21(17)6-8-28-9-7-22/h2-5,10-11,17,22-23,25H,6-9H2,1H3. The lowest BCUT2D eigenvalue weighted by molar-refractivity contribution is -0.130. The van der Waals surface area contributed by atoms with Crippen molar-refractivity contribution in [2.24, 2.45) is 0 Å². The minimum absolute atomic E-state index is 0.0349. The van der Waals surface area contributed by atoms with Crippen LogP contribution in [0.3, 0.4) is 0 Å². The van der Waals surface area contributed by atoms with Gasteiger partial charge in [0.2, 0.25) is 5.78 Å². The number of ketones is 1. The summed E-state index contributed by atoms with van der Waals surface area (Å²) < 4.78 is 10.4. The number of methoxy groups -OCH3 is 1. The second-order valence-corrected chi connectivity index (χ2v) is 7.18. The molecule has 1 aromatic heterocycles. The van der Waals surface area contributed by atoms with Crippen molar-refractivity contribution in [2.75, 3.05) is 33.5 Å². The first kappa shape index (κ1) is 20.8. The van der Waals surface area contributed by atoms with Gasteiger partial charge in [0, 0.05) is 6.54 Å². The molecule has 1 atom stereocenters. The van der Waals surface area contributed by atoms with Gasteiger partial charge in [-0.05, 0) is 29.1 Å². The number of ether oxygens (including phenoxy) is 2. The number of aliphatic hydroxyl groups excluding tert-OH is 2. The minimum Gasteiger partial charge on any atom is -0.504 e. The van der Waals surface area contributed by atoms with E-state index in [1.807, 2.05) is 0 Å². The van der Waals surface area contributed by atoms with E-state index in [-0.39, 0.29) is 43.4 Å². The number of Topliss-reactive ketones (excluding diaryl/α,β-unsaturated/α-hetero) is 1. The van der Waals surface area contributed by atoms with Gasteiger partial charge in [0.05, 0.1) is 43.4 Å². The average Bonchev–Trinajstić information content (AvgIpc) is 3.34. The Balaban J connectivity index is 2.02. The number of thiophene rings is 1. The predicted octanol–water partition coefficient (Wildman–Crippen LogP) is 2.05. The molecule has 0 radical (unpaired) electrons. The third kappa shape index (κ3) is 4.12. The van der Waals surface area contributed by atoms with E-state index in [1.165, 1.54) is 35.5 Å². The van der Waals surface area contributed by atoms with E-state index in [9.17, 15) is 19.8 Å². The van der Waals surface area contributed by atoms with Crippen LogP contribution in [0.2, 0.25) is 0 Å². The first-order valence-corrected chi connectivity index (χ1v) is 9.75. The molecule has 1 aliphatic rings. The largest absolute Gasteiger partial charge is 0.504 e. The summed E-state index contributed by atoms with van der Waals surface area (Å²) in [7, 11) is 1.39. The molecule has 3 N–H and O–H groups in total. The number of benzene rings is 1. The predicted molar refractivity (Wildman–Crippen MR) is 105 cm³/mol. The van der Waals surface area contributed by atoms with Crippen LogP contribution in [0.15, 0.2) is 47.0 Å². The summed E-state index contributed by atoms with van der Waals surface area (Å²) in [4.78, 5) is 27.5. The molecule has 8 nitrogen and oxygen atoms in total. The zero-order chi connectivity index (χ0) is 21.0. The molecule has 0 aliphatic carbocycles. The molecule has 154 valence electrons. The summed E-state index contributed by atoms with van der Waals surface area (Å²) in [5.41, 5.74) is 0.464. The third-order valence-corrected chi connectivity index (χ3v) is 5.39.